The molecule has 1 aromatic carbocycles. The molecular formula is C14H20FNO. The first-order chi connectivity index (χ1) is 8.19. The van der Waals surface area contributed by atoms with Gasteiger partial charge in [0, 0.05) is 12.0 Å². The molecule has 0 saturated heterocycles. The average molecular weight is 237 g/mol. The molecule has 1 aromatic rings. The van der Waals surface area contributed by atoms with Gasteiger partial charge in [0.05, 0.1) is 0 Å². The summed E-state index contributed by atoms with van der Waals surface area (Å²) in [6.45, 7) is 2.88. The molecule has 94 valence electrons. The van der Waals surface area contributed by atoms with E-state index in [4.69, 9.17) is 10.5 Å². The highest BCUT2D eigenvalue weighted by molar-refractivity contribution is 5.22. The molecule has 1 fully saturated rings. The summed E-state index contributed by atoms with van der Waals surface area (Å²) < 4.78 is 19.0. The number of ether oxygens (including phenoxy) is 1. The number of halogens is 1. The van der Waals surface area contributed by atoms with Gasteiger partial charge in [-0.2, -0.15) is 0 Å². The second-order valence-corrected chi connectivity index (χ2v) is 5.03. The van der Waals surface area contributed by atoms with Gasteiger partial charge in [-0.1, -0.05) is 19.4 Å². The molecule has 3 atom stereocenters. The summed E-state index contributed by atoms with van der Waals surface area (Å²) in [7, 11) is 0. The van der Waals surface area contributed by atoms with Crippen molar-refractivity contribution in [3.8, 4) is 5.75 Å². The Morgan fingerprint density at radius 2 is 2.24 bits per heavy atom. The largest absolute Gasteiger partial charge is 0.490 e. The van der Waals surface area contributed by atoms with E-state index in [9.17, 15) is 4.39 Å². The van der Waals surface area contributed by atoms with Crippen LogP contribution in [-0.2, 0) is 0 Å². The molecule has 17 heavy (non-hydrogen) atoms. The van der Waals surface area contributed by atoms with Gasteiger partial charge in [0.25, 0.3) is 0 Å². The lowest BCUT2D eigenvalue weighted by atomic mass is 9.80. The Labute approximate surface area is 102 Å². The van der Waals surface area contributed by atoms with E-state index in [2.05, 4.69) is 6.92 Å². The maximum Gasteiger partial charge on any atom is 0.126 e. The monoisotopic (exact) mass is 237 g/mol. The first-order valence-electron chi connectivity index (χ1n) is 6.31. The fraction of sp³-hybridized carbons (Fsp3) is 0.571. The summed E-state index contributed by atoms with van der Waals surface area (Å²) in [6, 6.07) is 6.34. The third kappa shape index (κ3) is 3.19. The fourth-order valence-corrected chi connectivity index (χ4v) is 2.52. The molecule has 0 aliphatic heterocycles. The Hall–Kier alpha value is -1.09. The van der Waals surface area contributed by atoms with E-state index in [0.717, 1.165) is 12.8 Å². The van der Waals surface area contributed by atoms with E-state index in [0.29, 0.717) is 24.1 Å². The Bertz CT molecular complexity index is 369. The van der Waals surface area contributed by atoms with Crippen molar-refractivity contribution in [3.05, 3.63) is 30.1 Å². The molecule has 0 aromatic heterocycles. The standard InChI is InChI=1S/C14H20FNO/c1-10-5-6-11(9-16)14(7-10)17-13-4-2-3-12(15)8-13/h2-4,8,10-11,14H,5-7,9,16H2,1H3. The zero-order chi connectivity index (χ0) is 12.3. The predicted molar refractivity (Wildman–Crippen MR) is 66.4 cm³/mol. The lowest BCUT2D eigenvalue weighted by Gasteiger charge is -2.34. The molecule has 3 unspecified atom stereocenters. The van der Waals surface area contributed by atoms with Crippen molar-refractivity contribution in [1.29, 1.82) is 0 Å². The summed E-state index contributed by atoms with van der Waals surface area (Å²) in [5.74, 6) is 1.42. The topological polar surface area (TPSA) is 35.2 Å². The second kappa shape index (κ2) is 5.50. The molecule has 0 heterocycles. The summed E-state index contributed by atoms with van der Waals surface area (Å²) >= 11 is 0. The maximum atomic E-state index is 13.1. The number of hydrogen-bond donors (Lipinski definition) is 1. The minimum Gasteiger partial charge on any atom is -0.490 e. The van der Waals surface area contributed by atoms with Crippen molar-refractivity contribution in [2.45, 2.75) is 32.3 Å². The summed E-state index contributed by atoms with van der Waals surface area (Å²) in [4.78, 5) is 0. The highest BCUT2D eigenvalue weighted by Crippen LogP contribution is 2.31. The molecule has 1 saturated carbocycles. The highest BCUT2D eigenvalue weighted by Gasteiger charge is 2.29. The van der Waals surface area contributed by atoms with Crippen LogP contribution in [0, 0.1) is 17.7 Å². The van der Waals surface area contributed by atoms with E-state index in [1.54, 1.807) is 12.1 Å². The van der Waals surface area contributed by atoms with Crippen LogP contribution in [0.5, 0.6) is 5.75 Å². The Morgan fingerprint density at radius 3 is 2.94 bits per heavy atom. The van der Waals surface area contributed by atoms with Gasteiger partial charge in [0.2, 0.25) is 0 Å². The van der Waals surface area contributed by atoms with Crippen LogP contribution in [0.15, 0.2) is 24.3 Å². The van der Waals surface area contributed by atoms with Crippen molar-refractivity contribution in [2.24, 2.45) is 17.6 Å². The summed E-state index contributed by atoms with van der Waals surface area (Å²) in [5.41, 5.74) is 5.77. The third-order valence-electron chi connectivity index (χ3n) is 3.58. The normalized spacial score (nSPS) is 29.0. The van der Waals surface area contributed by atoms with Gasteiger partial charge in [-0.05, 0) is 37.4 Å². The van der Waals surface area contributed by atoms with E-state index in [1.807, 2.05) is 0 Å². The van der Waals surface area contributed by atoms with E-state index < -0.39 is 0 Å². The van der Waals surface area contributed by atoms with Gasteiger partial charge in [0.15, 0.2) is 0 Å². The van der Waals surface area contributed by atoms with Gasteiger partial charge >= 0.3 is 0 Å². The first kappa shape index (κ1) is 12.4. The molecule has 0 amide bonds. The predicted octanol–water partition coefficient (Wildman–Crippen LogP) is 2.97. The third-order valence-corrected chi connectivity index (χ3v) is 3.58. The van der Waals surface area contributed by atoms with E-state index in [-0.39, 0.29) is 11.9 Å². The first-order valence-corrected chi connectivity index (χ1v) is 6.31. The van der Waals surface area contributed by atoms with Crippen LogP contribution >= 0.6 is 0 Å². The quantitative estimate of drug-likeness (QED) is 0.877. The fourth-order valence-electron chi connectivity index (χ4n) is 2.52. The molecule has 0 radical (unpaired) electrons. The minimum atomic E-state index is -0.254. The number of hydrogen-bond acceptors (Lipinski definition) is 2. The van der Waals surface area contributed by atoms with Crippen LogP contribution in [0.25, 0.3) is 0 Å². The highest BCUT2D eigenvalue weighted by atomic mass is 19.1. The zero-order valence-electron chi connectivity index (χ0n) is 10.2. The van der Waals surface area contributed by atoms with Crippen LogP contribution in [0.3, 0.4) is 0 Å². The summed E-state index contributed by atoms with van der Waals surface area (Å²) in [5, 5.41) is 0. The Morgan fingerprint density at radius 1 is 1.41 bits per heavy atom. The van der Waals surface area contributed by atoms with E-state index in [1.165, 1.54) is 18.6 Å². The van der Waals surface area contributed by atoms with E-state index >= 15 is 0 Å². The number of benzene rings is 1. The molecule has 2 N–H and O–H groups in total. The van der Waals surface area contributed by atoms with Crippen LogP contribution in [-0.4, -0.2) is 12.6 Å². The van der Waals surface area contributed by atoms with Crippen LogP contribution in [0.4, 0.5) is 4.39 Å². The molecule has 0 spiro atoms. The number of nitrogens with two attached hydrogens (primary N) is 1. The van der Waals surface area contributed by atoms with Crippen LogP contribution in [0.2, 0.25) is 0 Å². The SMILES string of the molecule is CC1CCC(CN)C(Oc2cccc(F)c2)C1. The lowest BCUT2D eigenvalue weighted by molar-refractivity contribution is 0.0739. The van der Waals surface area contributed by atoms with Gasteiger partial charge in [-0.3, -0.25) is 0 Å². The van der Waals surface area contributed by atoms with Crippen LogP contribution in [0.1, 0.15) is 26.2 Å². The molecule has 3 heteroatoms. The Kier molecular flexibility index (Phi) is 4.00. The van der Waals surface area contributed by atoms with Crippen molar-refractivity contribution in [1.82, 2.24) is 0 Å². The van der Waals surface area contributed by atoms with Gasteiger partial charge in [0.1, 0.15) is 17.7 Å². The van der Waals surface area contributed by atoms with Crippen molar-refractivity contribution in [3.63, 3.8) is 0 Å². The summed E-state index contributed by atoms with van der Waals surface area (Å²) in [6.07, 6.45) is 3.46. The van der Waals surface area contributed by atoms with Gasteiger partial charge in [-0.15, -0.1) is 0 Å². The number of rotatable bonds is 3. The smallest absolute Gasteiger partial charge is 0.126 e. The minimum absolute atomic E-state index is 0.130. The van der Waals surface area contributed by atoms with Gasteiger partial charge in [-0.25, -0.2) is 4.39 Å². The molecular weight excluding hydrogens is 217 g/mol. The zero-order valence-corrected chi connectivity index (χ0v) is 10.2. The molecule has 2 rings (SSSR count). The van der Waals surface area contributed by atoms with Crippen molar-refractivity contribution >= 4 is 0 Å². The van der Waals surface area contributed by atoms with Crippen molar-refractivity contribution < 1.29 is 9.13 Å². The van der Waals surface area contributed by atoms with Crippen LogP contribution < -0.4 is 10.5 Å². The molecule has 1 aliphatic carbocycles. The molecule has 0 bridgehead atoms. The van der Waals surface area contributed by atoms with Gasteiger partial charge < -0.3 is 10.5 Å². The molecule has 1 aliphatic rings. The maximum absolute atomic E-state index is 13.1. The Balaban J connectivity index is 2.04. The average Bonchev–Trinajstić information content (AvgIpc) is 2.29. The lowest BCUT2D eigenvalue weighted by Crippen LogP contribution is -2.37. The second-order valence-electron chi connectivity index (χ2n) is 5.03. The molecule has 2 nitrogen and oxygen atoms in total. The van der Waals surface area contributed by atoms with Crippen molar-refractivity contribution in [2.75, 3.05) is 6.54 Å².